The Morgan fingerprint density at radius 2 is 2.23 bits per heavy atom. The fourth-order valence-corrected chi connectivity index (χ4v) is 3.67. The molecule has 1 aromatic heterocycles. The van der Waals surface area contributed by atoms with Crippen molar-refractivity contribution in [2.45, 2.75) is 50.7 Å². The molecule has 2 atom stereocenters. The average molecular weight is 359 g/mol. The standard InChI is InChI=1S/C19H29N5O2/c1-23(2)17-10-18(22-13-21-17)24-12-16(25)9-15(24)11-20-19(26)8-14-6-4-3-5-7-14/h6,10,13,15-16,25H,3-5,7-9,11-12H2,1-2H3,(H,20,26)/t15-,16-/m1/s1. The molecule has 1 saturated heterocycles. The van der Waals surface area contributed by atoms with Gasteiger partial charge in [0.15, 0.2) is 0 Å². The number of aliphatic hydroxyl groups excluding tert-OH is 1. The van der Waals surface area contributed by atoms with Crippen molar-refractivity contribution >= 4 is 17.5 Å². The van der Waals surface area contributed by atoms with Crippen molar-refractivity contribution in [2.75, 3.05) is 37.0 Å². The van der Waals surface area contributed by atoms with Crippen molar-refractivity contribution in [1.82, 2.24) is 15.3 Å². The van der Waals surface area contributed by atoms with Gasteiger partial charge >= 0.3 is 0 Å². The third-order valence-corrected chi connectivity index (χ3v) is 5.09. The second-order valence-electron chi connectivity index (χ2n) is 7.41. The van der Waals surface area contributed by atoms with E-state index < -0.39 is 6.10 Å². The van der Waals surface area contributed by atoms with Crippen LogP contribution in [0.5, 0.6) is 0 Å². The van der Waals surface area contributed by atoms with Crippen LogP contribution in [0.1, 0.15) is 38.5 Å². The Labute approximate surface area is 155 Å². The third-order valence-electron chi connectivity index (χ3n) is 5.09. The van der Waals surface area contributed by atoms with Crippen molar-refractivity contribution in [3.8, 4) is 0 Å². The molecule has 2 N–H and O–H groups in total. The van der Waals surface area contributed by atoms with Crippen molar-refractivity contribution in [1.29, 1.82) is 0 Å². The van der Waals surface area contributed by atoms with Gasteiger partial charge in [-0.3, -0.25) is 4.79 Å². The summed E-state index contributed by atoms with van der Waals surface area (Å²) in [6.45, 7) is 1.04. The van der Waals surface area contributed by atoms with Crippen LogP contribution in [0, 0.1) is 0 Å². The van der Waals surface area contributed by atoms with Gasteiger partial charge in [0.25, 0.3) is 0 Å². The highest BCUT2D eigenvalue weighted by Crippen LogP contribution is 2.26. The zero-order valence-corrected chi connectivity index (χ0v) is 15.7. The van der Waals surface area contributed by atoms with Crippen LogP contribution < -0.4 is 15.1 Å². The largest absolute Gasteiger partial charge is 0.391 e. The number of aliphatic hydroxyl groups is 1. The molecule has 26 heavy (non-hydrogen) atoms. The molecule has 0 radical (unpaired) electrons. The van der Waals surface area contributed by atoms with Crippen LogP contribution in [0.4, 0.5) is 11.6 Å². The van der Waals surface area contributed by atoms with Gasteiger partial charge in [-0.2, -0.15) is 0 Å². The van der Waals surface area contributed by atoms with Crippen molar-refractivity contribution < 1.29 is 9.90 Å². The van der Waals surface area contributed by atoms with Gasteiger partial charge in [-0.05, 0) is 32.1 Å². The molecule has 142 valence electrons. The number of nitrogens with zero attached hydrogens (tertiary/aromatic N) is 4. The number of carbonyl (C=O) groups excluding carboxylic acids is 1. The molecule has 2 heterocycles. The molecular weight excluding hydrogens is 330 g/mol. The van der Waals surface area contributed by atoms with E-state index in [0.29, 0.717) is 25.9 Å². The minimum absolute atomic E-state index is 0.0409. The molecule has 1 aliphatic carbocycles. The molecule has 0 aromatic carbocycles. The minimum atomic E-state index is -0.407. The van der Waals surface area contributed by atoms with Crippen LogP contribution in [0.3, 0.4) is 0 Å². The maximum Gasteiger partial charge on any atom is 0.224 e. The zero-order chi connectivity index (χ0) is 18.5. The highest BCUT2D eigenvalue weighted by atomic mass is 16.3. The van der Waals surface area contributed by atoms with Crippen molar-refractivity contribution in [3.63, 3.8) is 0 Å². The van der Waals surface area contributed by atoms with E-state index in [2.05, 4.69) is 26.3 Å². The fraction of sp³-hybridized carbons (Fsp3) is 0.632. The van der Waals surface area contributed by atoms with Crippen molar-refractivity contribution in [2.24, 2.45) is 0 Å². The molecule has 0 bridgehead atoms. The number of carbonyl (C=O) groups is 1. The first-order valence-corrected chi connectivity index (χ1v) is 9.41. The highest BCUT2D eigenvalue weighted by molar-refractivity contribution is 5.78. The topological polar surface area (TPSA) is 81.6 Å². The van der Waals surface area contributed by atoms with Gasteiger partial charge in [0.2, 0.25) is 5.91 Å². The van der Waals surface area contributed by atoms with Gasteiger partial charge in [0.1, 0.15) is 18.0 Å². The molecule has 1 aliphatic heterocycles. The van der Waals surface area contributed by atoms with E-state index in [4.69, 9.17) is 0 Å². The number of β-amino-alcohol motifs (C(OH)–C–C–N with tert-alkyl or cyclic N) is 1. The van der Waals surface area contributed by atoms with Gasteiger partial charge in [-0.1, -0.05) is 11.6 Å². The van der Waals surface area contributed by atoms with Crippen LogP contribution >= 0.6 is 0 Å². The van der Waals surface area contributed by atoms with Crippen LogP contribution in [0.15, 0.2) is 24.0 Å². The van der Waals surface area contributed by atoms with E-state index >= 15 is 0 Å². The summed E-state index contributed by atoms with van der Waals surface area (Å²) in [5, 5.41) is 13.2. The molecule has 0 spiro atoms. The molecule has 1 aromatic rings. The van der Waals surface area contributed by atoms with Crippen LogP contribution in [0.2, 0.25) is 0 Å². The summed E-state index contributed by atoms with van der Waals surface area (Å²) < 4.78 is 0. The van der Waals surface area contributed by atoms with E-state index in [1.54, 1.807) is 6.33 Å². The first kappa shape index (κ1) is 18.6. The average Bonchev–Trinajstić information content (AvgIpc) is 3.02. The van der Waals surface area contributed by atoms with Gasteiger partial charge in [-0.25, -0.2) is 9.97 Å². The second-order valence-corrected chi connectivity index (χ2v) is 7.41. The number of rotatable bonds is 6. The Morgan fingerprint density at radius 3 is 2.96 bits per heavy atom. The van der Waals surface area contributed by atoms with Gasteiger partial charge in [-0.15, -0.1) is 0 Å². The number of hydrogen-bond acceptors (Lipinski definition) is 6. The molecule has 3 rings (SSSR count). The zero-order valence-electron chi connectivity index (χ0n) is 15.7. The Bertz CT molecular complexity index is 661. The molecule has 7 nitrogen and oxygen atoms in total. The Balaban J connectivity index is 1.60. The number of aromatic nitrogens is 2. The molecule has 1 amide bonds. The first-order chi connectivity index (χ1) is 12.5. The lowest BCUT2D eigenvalue weighted by atomic mass is 9.97. The van der Waals surface area contributed by atoms with E-state index in [1.807, 2.05) is 25.1 Å². The predicted octanol–water partition coefficient (Wildman–Crippen LogP) is 1.49. The Hall–Kier alpha value is -2.15. The normalized spacial score (nSPS) is 22.9. The second kappa shape index (κ2) is 8.49. The quantitative estimate of drug-likeness (QED) is 0.749. The maximum atomic E-state index is 12.3. The number of allylic oxidation sites excluding steroid dienone is 1. The smallest absolute Gasteiger partial charge is 0.224 e. The summed E-state index contributed by atoms with van der Waals surface area (Å²) in [5.74, 6) is 1.68. The molecule has 1 fully saturated rings. The SMILES string of the molecule is CN(C)c1cc(N2C[C@H](O)C[C@@H]2CNC(=O)CC2=CCCCC2)ncn1. The van der Waals surface area contributed by atoms with Crippen LogP contribution in [0.25, 0.3) is 0 Å². The first-order valence-electron chi connectivity index (χ1n) is 9.41. The van der Waals surface area contributed by atoms with E-state index in [0.717, 1.165) is 24.5 Å². The molecule has 0 saturated carbocycles. The van der Waals surface area contributed by atoms with E-state index in [9.17, 15) is 9.90 Å². The molecule has 0 unspecified atom stereocenters. The molecular formula is C19H29N5O2. The summed E-state index contributed by atoms with van der Waals surface area (Å²) in [6.07, 6.45) is 9.01. The summed E-state index contributed by atoms with van der Waals surface area (Å²) in [7, 11) is 3.87. The molecule has 2 aliphatic rings. The maximum absolute atomic E-state index is 12.3. The number of amides is 1. The summed E-state index contributed by atoms with van der Waals surface area (Å²) >= 11 is 0. The lowest BCUT2D eigenvalue weighted by molar-refractivity contribution is -0.120. The van der Waals surface area contributed by atoms with Crippen LogP contribution in [-0.2, 0) is 4.79 Å². The van der Waals surface area contributed by atoms with Crippen LogP contribution in [-0.4, -0.2) is 60.3 Å². The third kappa shape index (κ3) is 4.72. The van der Waals surface area contributed by atoms with Gasteiger partial charge in [0, 0.05) is 39.7 Å². The summed E-state index contributed by atoms with van der Waals surface area (Å²) in [5.41, 5.74) is 1.25. The number of anilines is 2. The number of nitrogens with one attached hydrogen (secondary N) is 1. The fourth-order valence-electron chi connectivity index (χ4n) is 3.67. The molecule has 7 heteroatoms. The monoisotopic (exact) mass is 359 g/mol. The predicted molar refractivity (Wildman–Crippen MR) is 102 cm³/mol. The Morgan fingerprint density at radius 1 is 1.38 bits per heavy atom. The summed E-state index contributed by atoms with van der Waals surface area (Å²) in [4.78, 5) is 24.9. The van der Waals surface area contributed by atoms with Gasteiger partial charge in [0.05, 0.1) is 12.1 Å². The van der Waals surface area contributed by atoms with Crippen molar-refractivity contribution in [3.05, 3.63) is 24.0 Å². The lowest BCUT2D eigenvalue weighted by Gasteiger charge is -2.26. The van der Waals surface area contributed by atoms with Gasteiger partial charge < -0.3 is 20.2 Å². The lowest BCUT2D eigenvalue weighted by Crippen LogP contribution is -2.40. The highest BCUT2D eigenvalue weighted by Gasteiger charge is 2.32. The van der Waals surface area contributed by atoms with E-state index in [1.165, 1.54) is 18.4 Å². The Kier molecular flexibility index (Phi) is 6.08. The van der Waals surface area contributed by atoms with E-state index in [-0.39, 0.29) is 11.9 Å². The summed E-state index contributed by atoms with van der Waals surface area (Å²) in [6, 6.07) is 1.96. The number of hydrogen-bond donors (Lipinski definition) is 2. The minimum Gasteiger partial charge on any atom is -0.391 e.